The van der Waals surface area contributed by atoms with Gasteiger partial charge in [-0.3, -0.25) is 9.10 Å². The molecule has 1 aromatic carbocycles. The van der Waals surface area contributed by atoms with Gasteiger partial charge in [0.15, 0.2) is 0 Å². The molecule has 1 N–H and O–H groups in total. The molecule has 0 bridgehead atoms. The molecule has 124 valence electrons. The lowest BCUT2D eigenvalue weighted by Gasteiger charge is -2.24. The van der Waals surface area contributed by atoms with Crippen LogP contribution in [0.3, 0.4) is 0 Å². The summed E-state index contributed by atoms with van der Waals surface area (Å²) in [7, 11) is 0.219. The highest BCUT2D eigenvalue weighted by molar-refractivity contribution is 7.92. The van der Waals surface area contributed by atoms with Crippen LogP contribution in [0.4, 0.5) is 5.69 Å². The summed E-state index contributed by atoms with van der Waals surface area (Å²) >= 11 is 5.89. The van der Waals surface area contributed by atoms with Crippen molar-refractivity contribution in [3.63, 3.8) is 0 Å². The molecule has 1 rings (SSSR count). The Hall–Kier alpha value is -1.31. The summed E-state index contributed by atoms with van der Waals surface area (Å²) in [6.45, 7) is 2.64. The normalized spacial score (nSPS) is 11.5. The minimum Gasteiger partial charge on any atom is -0.353 e. The van der Waals surface area contributed by atoms with Gasteiger partial charge >= 0.3 is 0 Å². The lowest BCUT2D eigenvalue weighted by Crippen LogP contribution is -2.42. The van der Waals surface area contributed by atoms with Gasteiger partial charge < -0.3 is 10.2 Å². The third kappa shape index (κ3) is 5.82. The Morgan fingerprint density at radius 1 is 1.32 bits per heavy atom. The van der Waals surface area contributed by atoms with Gasteiger partial charge in [0.25, 0.3) is 0 Å². The van der Waals surface area contributed by atoms with Gasteiger partial charge in [-0.25, -0.2) is 8.42 Å². The molecule has 0 fully saturated rings. The van der Waals surface area contributed by atoms with Crippen LogP contribution >= 0.6 is 11.6 Å². The number of anilines is 1. The molecule has 0 atom stereocenters. The Balaban J connectivity index is 2.89. The van der Waals surface area contributed by atoms with E-state index >= 15 is 0 Å². The van der Waals surface area contributed by atoms with Crippen LogP contribution in [-0.2, 0) is 14.8 Å². The summed E-state index contributed by atoms with van der Waals surface area (Å²) in [5.41, 5.74) is 1.15. The number of hydrogen-bond acceptors (Lipinski definition) is 4. The molecule has 0 aromatic heterocycles. The molecular formula is C14H22ClN3O3S. The van der Waals surface area contributed by atoms with E-state index < -0.39 is 10.0 Å². The average Bonchev–Trinajstić information content (AvgIpc) is 2.35. The third-order valence-corrected chi connectivity index (χ3v) is 4.36. The highest BCUT2D eigenvalue weighted by Crippen LogP contribution is 2.25. The maximum Gasteiger partial charge on any atom is 0.240 e. The van der Waals surface area contributed by atoms with E-state index in [1.54, 1.807) is 25.1 Å². The van der Waals surface area contributed by atoms with Gasteiger partial charge in [0.1, 0.15) is 6.54 Å². The van der Waals surface area contributed by atoms with Crippen molar-refractivity contribution >= 4 is 33.2 Å². The summed E-state index contributed by atoms with van der Waals surface area (Å²) in [5.74, 6) is -0.346. The fourth-order valence-corrected chi connectivity index (χ4v) is 3.03. The number of hydrogen-bond donors (Lipinski definition) is 1. The largest absolute Gasteiger partial charge is 0.353 e. The molecule has 0 radical (unpaired) electrons. The van der Waals surface area contributed by atoms with Gasteiger partial charge in [0.05, 0.1) is 11.9 Å². The van der Waals surface area contributed by atoms with Crippen molar-refractivity contribution in [2.75, 3.05) is 44.3 Å². The molecule has 0 heterocycles. The molecule has 1 aromatic rings. The maximum absolute atomic E-state index is 12.0. The first kappa shape index (κ1) is 18.7. The zero-order valence-electron chi connectivity index (χ0n) is 13.3. The van der Waals surface area contributed by atoms with Crippen molar-refractivity contribution in [2.45, 2.75) is 6.92 Å². The van der Waals surface area contributed by atoms with Crippen molar-refractivity contribution in [3.8, 4) is 0 Å². The number of likely N-dealkylation sites (N-methyl/N-ethyl adjacent to an activating group) is 1. The van der Waals surface area contributed by atoms with Crippen molar-refractivity contribution in [1.29, 1.82) is 0 Å². The van der Waals surface area contributed by atoms with Crippen LogP contribution in [0.1, 0.15) is 5.56 Å². The van der Waals surface area contributed by atoms with Crippen LogP contribution in [0.25, 0.3) is 0 Å². The van der Waals surface area contributed by atoms with Crippen molar-refractivity contribution in [3.05, 3.63) is 28.8 Å². The highest BCUT2D eigenvalue weighted by atomic mass is 35.5. The number of halogens is 1. The molecule has 0 saturated heterocycles. The van der Waals surface area contributed by atoms with E-state index in [4.69, 9.17) is 11.6 Å². The van der Waals surface area contributed by atoms with E-state index in [1.165, 1.54) is 0 Å². The second kappa shape index (κ2) is 7.80. The van der Waals surface area contributed by atoms with E-state index in [1.807, 2.05) is 19.0 Å². The predicted octanol–water partition coefficient (Wildman–Crippen LogP) is 1.09. The fourth-order valence-electron chi connectivity index (χ4n) is 1.89. The number of amides is 1. The molecule has 0 unspecified atom stereocenters. The molecule has 1 amide bonds. The van der Waals surface area contributed by atoms with Gasteiger partial charge in [0, 0.05) is 18.1 Å². The Bertz CT molecular complexity index is 632. The molecule has 8 heteroatoms. The van der Waals surface area contributed by atoms with Crippen LogP contribution in [0.2, 0.25) is 5.02 Å². The Morgan fingerprint density at radius 2 is 1.95 bits per heavy atom. The Labute approximate surface area is 137 Å². The number of benzene rings is 1. The summed E-state index contributed by atoms with van der Waals surface area (Å²) in [5, 5.41) is 3.22. The zero-order valence-corrected chi connectivity index (χ0v) is 14.8. The number of rotatable bonds is 7. The Kier molecular flexibility index (Phi) is 6.65. The lowest BCUT2D eigenvalue weighted by atomic mass is 10.2. The molecule has 6 nitrogen and oxygen atoms in total. The van der Waals surface area contributed by atoms with E-state index in [0.29, 0.717) is 29.4 Å². The first-order valence-electron chi connectivity index (χ1n) is 6.76. The van der Waals surface area contributed by atoms with Gasteiger partial charge in [-0.2, -0.15) is 0 Å². The van der Waals surface area contributed by atoms with Gasteiger partial charge in [-0.1, -0.05) is 11.6 Å². The van der Waals surface area contributed by atoms with Gasteiger partial charge in [-0.15, -0.1) is 0 Å². The number of nitrogens with one attached hydrogen (secondary N) is 1. The fraction of sp³-hybridized carbons (Fsp3) is 0.500. The van der Waals surface area contributed by atoms with E-state index in [9.17, 15) is 13.2 Å². The van der Waals surface area contributed by atoms with Crippen molar-refractivity contribution in [2.24, 2.45) is 0 Å². The highest BCUT2D eigenvalue weighted by Gasteiger charge is 2.22. The van der Waals surface area contributed by atoms with Crippen LogP contribution < -0.4 is 9.62 Å². The first-order valence-corrected chi connectivity index (χ1v) is 8.99. The zero-order chi connectivity index (χ0) is 16.9. The number of carbonyl (C=O) groups excluding carboxylic acids is 1. The van der Waals surface area contributed by atoms with Crippen molar-refractivity contribution < 1.29 is 13.2 Å². The number of sulfonamides is 1. The summed E-state index contributed by atoms with van der Waals surface area (Å²) in [6.07, 6.45) is 1.08. The van der Waals surface area contributed by atoms with Crippen LogP contribution in [-0.4, -0.2) is 59.2 Å². The monoisotopic (exact) mass is 347 g/mol. The van der Waals surface area contributed by atoms with Crippen LogP contribution in [0, 0.1) is 6.92 Å². The minimum atomic E-state index is -3.57. The SMILES string of the molecule is Cc1cc(Cl)ccc1N(CC(=O)NCCN(C)C)S(C)(=O)=O. The van der Waals surface area contributed by atoms with E-state index in [-0.39, 0.29) is 12.5 Å². The molecule has 0 aliphatic rings. The average molecular weight is 348 g/mol. The van der Waals surface area contributed by atoms with E-state index in [0.717, 1.165) is 10.6 Å². The number of aryl methyl sites for hydroxylation is 1. The molecule has 0 saturated carbocycles. The Morgan fingerprint density at radius 3 is 2.45 bits per heavy atom. The van der Waals surface area contributed by atoms with Crippen LogP contribution in [0.15, 0.2) is 18.2 Å². The standard InChI is InChI=1S/C14H22ClN3O3S/c1-11-9-12(15)5-6-13(11)18(22(4,20)21)10-14(19)16-7-8-17(2)3/h5-6,9H,7-8,10H2,1-4H3,(H,16,19). The topological polar surface area (TPSA) is 69.7 Å². The molecular weight excluding hydrogens is 326 g/mol. The van der Waals surface area contributed by atoms with Crippen molar-refractivity contribution in [1.82, 2.24) is 10.2 Å². The summed E-state index contributed by atoms with van der Waals surface area (Å²) < 4.78 is 25.1. The number of nitrogens with zero attached hydrogens (tertiary/aromatic N) is 2. The van der Waals surface area contributed by atoms with Crippen LogP contribution in [0.5, 0.6) is 0 Å². The molecule has 22 heavy (non-hydrogen) atoms. The summed E-state index contributed by atoms with van der Waals surface area (Å²) in [6, 6.07) is 4.87. The molecule has 0 aliphatic carbocycles. The second-order valence-corrected chi connectivity index (χ2v) is 7.70. The maximum atomic E-state index is 12.0. The molecule has 0 aliphatic heterocycles. The second-order valence-electron chi connectivity index (χ2n) is 5.35. The predicted molar refractivity (Wildman–Crippen MR) is 89.9 cm³/mol. The smallest absolute Gasteiger partial charge is 0.240 e. The van der Waals surface area contributed by atoms with Gasteiger partial charge in [0.2, 0.25) is 15.9 Å². The van der Waals surface area contributed by atoms with E-state index in [2.05, 4.69) is 5.32 Å². The van der Waals surface area contributed by atoms with Gasteiger partial charge in [-0.05, 0) is 44.8 Å². The summed E-state index contributed by atoms with van der Waals surface area (Å²) in [4.78, 5) is 13.9. The lowest BCUT2D eigenvalue weighted by molar-refractivity contribution is -0.119. The molecule has 0 spiro atoms. The minimum absolute atomic E-state index is 0.255. The number of carbonyl (C=O) groups is 1. The third-order valence-electron chi connectivity index (χ3n) is 3.00. The first-order chi connectivity index (χ1) is 10.1. The quantitative estimate of drug-likeness (QED) is 0.801.